The average molecular weight is 371 g/mol. The molecule has 0 unspecified atom stereocenters. The Kier molecular flexibility index (Phi) is 5.47. The van der Waals surface area contributed by atoms with Crippen molar-refractivity contribution >= 4 is 17.7 Å². The number of aryl methyl sites for hydroxylation is 1. The fourth-order valence-electron chi connectivity index (χ4n) is 2.32. The normalized spacial score (nSPS) is 10.7. The number of thioether (sulfide) groups is 1. The van der Waals surface area contributed by atoms with Crippen molar-refractivity contribution in [1.29, 1.82) is 0 Å². The maximum absolute atomic E-state index is 12.1. The van der Waals surface area contributed by atoms with Gasteiger partial charge in [0.15, 0.2) is 5.16 Å². The largest absolute Gasteiger partial charge is 0.347 e. The highest BCUT2D eigenvalue weighted by Crippen LogP contribution is 2.14. The van der Waals surface area contributed by atoms with Crippen LogP contribution in [0.15, 0.2) is 44.8 Å². The molecule has 0 saturated carbocycles. The zero-order valence-corrected chi connectivity index (χ0v) is 15.1. The van der Waals surface area contributed by atoms with Gasteiger partial charge in [0.2, 0.25) is 17.6 Å². The Balaban J connectivity index is 1.62. The van der Waals surface area contributed by atoms with E-state index in [0.29, 0.717) is 28.1 Å². The van der Waals surface area contributed by atoms with E-state index in [-0.39, 0.29) is 24.4 Å². The molecule has 2 aromatic heterocycles. The van der Waals surface area contributed by atoms with Crippen LogP contribution in [-0.4, -0.2) is 32.3 Å². The molecular formula is C17H17N5O3S. The van der Waals surface area contributed by atoms with Gasteiger partial charge in [0.05, 0.1) is 13.0 Å². The maximum atomic E-state index is 12.1. The van der Waals surface area contributed by atoms with E-state index >= 15 is 0 Å². The Hall–Kier alpha value is -2.94. The molecule has 0 bridgehead atoms. The van der Waals surface area contributed by atoms with Gasteiger partial charge < -0.3 is 14.8 Å². The molecule has 9 heteroatoms. The number of nitrogens with one attached hydrogen (secondary N) is 2. The van der Waals surface area contributed by atoms with E-state index in [2.05, 4.69) is 25.4 Å². The standard InChI is InChI=1S/C17H17N5O3S/c1-10-12(16(24)21-17(19-10)26-2)8-13(23)18-9-14-20-15(22-25-14)11-6-4-3-5-7-11/h3-7H,8-9H2,1-2H3,(H,18,23)(H,19,21,24). The zero-order chi connectivity index (χ0) is 18.5. The fraction of sp³-hybridized carbons (Fsp3) is 0.235. The van der Waals surface area contributed by atoms with Crippen molar-refractivity contribution in [3.63, 3.8) is 0 Å². The van der Waals surface area contributed by atoms with E-state index in [1.54, 1.807) is 6.92 Å². The molecule has 2 heterocycles. The number of rotatable bonds is 6. The van der Waals surface area contributed by atoms with Gasteiger partial charge in [-0.1, -0.05) is 47.3 Å². The van der Waals surface area contributed by atoms with Gasteiger partial charge in [-0.2, -0.15) is 4.98 Å². The Morgan fingerprint density at radius 1 is 1.27 bits per heavy atom. The summed E-state index contributed by atoms with van der Waals surface area (Å²) < 4.78 is 5.14. The van der Waals surface area contributed by atoms with Crippen molar-refractivity contribution in [1.82, 2.24) is 25.4 Å². The van der Waals surface area contributed by atoms with Gasteiger partial charge in [-0.05, 0) is 13.2 Å². The third-order valence-electron chi connectivity index (χ3n) is 3.67. The van der Waals surface area contributed by atoms with E-state index in [1.807, 2.05) is 36.6 Å². The number of benzene rings is 1. The predicted octanol–water partition coefficient (Wildman–Crippen LogP) is 1.71. The summed E-state index contributed by atoms with van der Waals surface area (Å²) in [5, 5.41) is 7.09. The van der Waals surface area contributed by atoms with E-state index in [1.165, 1.54) is 11.8 Å². The summed E-state index contributed by atoms with van der Waals surface area (Å²) in [5.74, 6) is 0.425. The summed E-state index contributed by atoms with van der Waals surface area (Å²) in [6.07, 6.45) is 1.75. The summed E-state index contributed by atoms with van der Waals surface area (Å²) in [5.41, 5.74) is 1.41. The smallest absolute Gasteiger partial charge is 0.255 e. The van der Waals surface area contributed by atoms with Crippen molar-refractivity contribution < 1.29 is 9.32 Å². The number of carbonyl (C=O) groups is 1. The topological polar surface area (TPSA) is 114 Å². The summed E-state index contributed by atoms with van der Waals surface area (Å²) in [4.78, 5) is 35.3. The fourth-order valence-corrected chi connectivity index (χ4v) is 2.74. The summed E-state index contributed by atoms with van der Waals surface area (Å²) in [6, 6.07) is 9.39. The molecule has 0 atom stereocenters. The third-order valence-corrected chi connectivity index (χ3v) is 4.25. The van der Waals surface area contributed by atoms with Crippen LogP contribution in [0.2, 0.25) is 0 Å². The Bertz CT molecular complexity index is 968. The lowest BCUT2D eigenvalue weighted by Gasteiger charge is -2.06. The molecule has 0 saturated heterocycles. The summed E-state index contributed by atoms with van der Waals surface area (Å²) >= 11 is 1.34. The molecule has 0 aliphatic rings. The predicted molar refractivity (Wildman–Crippen MR) is 96.7 cm³/mol. The second kappa shape index (κ2) is 7.96. The van der Waals surface area contributed by atoms with Crippen LogP contribution in [0.4, 0.5) is 0 Å². The molecule has 3 rings (SSSR count). The highest BCUT2D eigenvalue weighted by molar-refractivity contribution is 7.98. The molecule has 0 fully saturated rings. The molecule has 26 heavy (non-hydrogen) atoms. The van der Waals surface area contributed by atoms with Gasteiger partial charge in [-0.25, -0.2) is 4.98 Å². The lowest BCUT2D eigenvalue weighted by molar-refractivity contribution is -0.120. The molecular weight excluding hydrogens is 354 g/mol. The summed E-state index contributed by atoms with van der Waals surface area (Å²) in [6.45, 7) is 1.80. The number of H-pyrrole nitrogens is 1. The molecule has 0 aliphatic heterocycles. The first-order chi connectivity index (χ1) is 12.6. The van der Waals surface area contributed by atoms with E-state index in [0.717, 1.165) is 5.56 Å². The lowest BCUT2D eigenvalue weighted by atomic mass is 10.1. The molecule has 0 aliphatic carbocycles. The Morgan fingerprint density at radius 3 is 2.73 bits per heavy atom. The first-order valence-electron chi connectivity index (χ1n) is 7.85. The van der Waals surface area contributed by atoms with E-state index in [9.17, 15) is 9.59 Å². The van der Waals surface area contributed by atoms with Crippen LogP contribution in [0.5, 0.6) is 0 Å². The molecule has 3 aromatic rings. The van der Waals surface area contributed by atoms with Crippen molar-refractivity contribution in [2.45, 2.75) is 25.0 Å². The van der Waals surface area contributed by atoms with E-state index in [4.69, 9.17) is 4.52 Å². The Morgan fingerprint density at radius 2 is 2.04 bits per heavy atom. The van der Waals surface area contributed by atoms with Crippen LogP contribution >= 0.6 is 11.8 Å². The minimum atomic E-state index is -0.322. The van der Waals surface area contributed by atoms with Crippen molar-refractivity contribution in [3.05, 3.63) is 57.8 Å². The first kappa shape index (κ1) is 17.9. The average Bonchev–Trinajstić information content (AvgIpc) is 3.12. The second-order valence-electron chi connectivity index (χ2n) is 5.47. The summed E-state index contributed by atoms with van der Waals surface area (Å²) in [7, 11) is 0. The van der Waals surface area contributed by atoms with Gasteiger partial charge >= 0.3 is 0 Å². The van der Waals surface area contributed by atoms with Gasteiger partial charge in [-0.3, -0.25) is 9.59 Å². The number of hydrogen-bond acceptors (Lipinski definition) is 7. The van der Waals surface area contributed by atoms with Gasteiger partial charge in [0, 0.05) is 16.8 Å². The highest BCUT2D eigenvalue weighted by atomic mass is 32.2. The molecule has 134 valence electrons. The monoisotopic (exact) mass is 371 g/mol. The first-order valence-corrected chi connectivity index (χ1v) is 9.07. The minimum absolute atomic E-state index is 0.0670. The Labute approximate surface area is 153 Å². The van der Waals surface area contributed by atoms with E-state index < -0.39 is 0 Å². The second-order valence-corrected chi connectivity index (χ2v) is 6.27. The van der Waals surface area contributed by atoms with Crippen LogP contribution in [-0.2, 0) is 17.8 Å². The zero-order valence-electron chi connectivity index (χ0n) is 14.3. The van der Waals surface area contributed by atoms with Crippen LogP contribution in [0.3, 0.4) is 0 Å². The molecule has 1 aromatic carbocycles. The quantitative estimate of drug-likeness (QED) is 0.501. The highest BCUT2D eigenvalue weighted by Gasteiger charge is 2.14. The minimum Gasteiger partial charge on any atom is -0.347 e. The van der Waals surface area contributed by atoms with Crippen LogP contribution in [0.1, 0.15) is 17.1 Å². The molecule has 1 amide bonds. The van der Waals surface area contributed by atoms with Gasteiger partial charge in [-0.15, -0.1) is 0 Å². The lowest BCUT2D eigenvalue weighted by Crippen LogP contribution is -2.29. The SMILES string of the molecule is CSc1nc(C)c(CC(=O)NCc2nc(-c3ccccc3)no2)c(=O)[nH]1. The number of hydrogen-bond donors (Lipinski definition) is 2. The molecule has 2 N–H and O–H groups in total. The number of aromatic nitrogens is 4. The van der Waals surface area contributed by atoms with Crippen LogP contribution in [0, 0.1) is 6.92 Å². The molecule has 8 nitrogen and oxygen atoms in total. The third kappa shape index (κ3) is 4.17. The van der Waals surface area contributed by atoms with Crippen molar-refractivity contribution in [3.8, 4) is 11.4 Å². The van der Waals surface area contributed by atoms with Crippen LogP contribution in [0.25, 0.3) is 11.4 Å². The van der Waals surface area contributed by atoms with Gasteiger partial charge in [0.25, 0.3) is 5.56 Å². The van der Waals surface area contributed by atoms with Gasteiger partial charge in [0.1, 0.15) is 0 Å². The van der Waals surface area contributed by atoms with Crippen molar-refractivity contribution in [2.75, 3.05) is 6.26 Å². The maximum Gasteiger partial charge on any atom is 0.255 e. The molecule has 0 spiro atoms. The molecule has 0 radical (unpaired) electrons. The number of amides is 1. The number of aromatic amines is 1. The number of nitrogens with zero attached hydrogens (tertiary/aromatic N) is 3. The number of carbonyl (C=O) groups excluding carboxylic acids is 1. The van der Waals surface area contributed by atoms with Crippen LogP contribution < -0.4 is 10.9 Å². The van der Waals surface area contributed by atoms with Crippen molar-refractivity contribution in [2.24, 2.45) is 0 Å².